The maximum Gasteiger partial charge on any atom is 0.111 e. The minimum absolute atomic E-state index is 0.183. The predicted molar refractivity (Wildman–Crippen MR) is 64.4 cm³/mol. The van der Waals surface area contributed by atoms with Crippen molar-refractivity contribution in [2.75, 3.05) is 6.61 Å². The van der Waals surface area contributed by atoms with Gasteiger partial charge < -0.3 is 4.74 Å². The molecule has 1 nitrogen and oxygen atoms in total. The Morgan fingerprint density at radius 3 is 2.93 bits per heavy atom. The lowest BCUT2D eigenvalue weighted by Crippen LogP contribution is -1.94. The molecule has 0 aliphatic carbocycles. The van der Waals surface area contributed by atoms with Crippen LogP contribution in [0.4, 0.5) is 0 Å². The summed E-state index contributed by atoms with van der Waals surface area (Å²) in [6, 6.07) is 8.54. The van der Waals surface area contributed by atoms with Gasteiger partial charge in [-0.1, -0.05) is 30.4 Å². The molecule has 1 aliphatic rings. The molecule has 0 N–H and O–H groups in total. The highest BCUT2D eigenvalue weighted by Crippen LogP contribution is 2.37. The second-order valence-corrected chi connectivity index (χ2v) is 4.85. The van der Waals surface area contributed by atoms with Crippen molar-refractivity contribution < 1.29 is 4.74 Å². The van der Waals surface area contributed by atoms with Crippen molar-refractivity contribution >= 4 is 21.4 Å². The zero-order valence-corrected chi connectivity index (χ0v) is 9.38. The first-order valence-corrected chi connectivity index (χ1v) is 5.94. The summed E-state index contributed by atoms with van der Waals surface area (Å²) < 4.78 is 7.00. The second-order valence-electron chi connectivity index (χ2n) is 3.77. The van der Waals surface area contributed by atoms with E-state index in [4.69, 9.17) is 4.74 Å². The molecule has 1 aromatic carbocycles. The lowest BCUT2D eigenvalue weighted by Gasteiger charge is -2.06. The summed E-state index contributed by atoms with van der Waals surface area (Å²) in [7, 11) is 0. The quantitative estimate of drug-likeness (QED) is 0.658. The highest BCUT2D eigenvalue weighted by atomic mass is 32.1. The lowest BCUT2D eigenvalue weighted by atomic mass is 10.1. The average molecular weight is 216 g/mol. The van der Waals surface area contributed by atoms with Gasteiger partial charge in [0.25, 0.3) is 0 Å². The third-order valence-corrected chi connectivity index (χ3v) is 4.16. The van der Waals surface area contributed by atoms with Gasteiger partial charge in [0.2, 0.25) is 0 Å². The smallest absolute Gasteiger partial charge is 0.111 e. The standard InChI is InChI=1S/C13H12OS/c1-9-10-5-2-3-7-12(10)15-13(9)11-6-4-8-14-11/h2-7,11H,8H2,1H3. The van der Waals surface area contributed by atoms with Crippen molar-refractivity contribution in [1.82, 2.24) is 0 Å². The number of ether oxygens (including phenoxy) is 1. The molecule has 1 aromatic heterocycles. The molecule has 2 heterocycles. The van der Waals surface area contributed by atoms with E-state index >= 15 is 0 Å². The molecule has 1 atom stereocenters. The maximum atomic E-state index is 5.65. The normalized spacial score (nSPS) is 20.2. The van der Waals surface area contributed by atoms with E-state index in [-0.39, 0.29) is 6.10 Å². The Hall–Kier alpha value is -1.12. The summed E-state index contributed by atoms with van der Waals surface area (Å²) in [5.41, 5.74) is 1.37. The number of thiophene rings is 1. The molecule has 1 unspecified atom stereocenters. The fraction of sp³-hybridized carbons (Fsp3) is 0.231. The number of fused-ring (bicyclic) bond motifs is 1. The molecule has 0 fully saturated rings. The topological polar surface area (TPSA) is 9.23 Å². The van der Waals surface area contributed by atoms with Crippen LogP contribution < -0.4 is 0 Å². The van der Waals surface area contributed by atoms with E-state index < -0.39 is 0 Å². The van der Waals surface area contributed by atoms with Gasteiger partial charge in [-0.3, -0.25) is 0 Å². The summed E-state index contributed by atoms with van der Waals surface area (Å²) in [4.78, 5) is 1.35. The predicted octanol–water partition coefficient (Wildman–Crippen LogP) is 3.84. The third kappa shape index (κ3) is 1.41. The SMILES string of the molecule is Cc1c(C2C=CCO2)sc2ccccc12. The summed E-state index contributed by atoms with van der Waals surface area (Å²) in [5, 5.41) is 1.36. The monoisotopic (exact) mass is 216 g/mol. The van der Waals surface area contributed by atoms with Crippen LogP contribution in [-0.2, 0) is 4.74 Å². The van der Waals surface area contributed by atoms with Crippen molar-refractivity contribution in [3.63, 3.8) is 0 Å². The summed E-state index contributed by atoms with van der Waals surface area (Å²) >= 11 is 1.84. The van der Waals surface area contributed by atoms with E-state index in [0.29, 0.717) is 0 Å². The first-order valence-electron chi connectivity index (χ1n) is 5.12. The molecule has 3 rings (SSSR count). The van der Waals surface area contributed by atoms with Crippen molar-refractivity contribution in [3.8, 4) is 0 Å². The fourth-order valence-electron chi connectivity index (χ4n) is 2.02. The molecular weight excluding hydrogens is 204 g/mol. The number of aryl methyl sites for hydroxylation is 1. The van der Waals surface area contributed by atoms with Crippen LogP contribution in [0.1, 0.15) is 16.5 Å². The van der Waals surface area contributed by atoms with Gasteiger partial charge in [-0.25, -0.2) is 0 Å². The van der Waals surface area contributed by atoms with Crippen LogP contribution in [0, 0.1) is 6.92 Å². The Morgan fingerprint density at radius 1 is 1.33 bits per heavy atom. The van der Waals surface area contributed by atoms with Crippen LogP contribution in [-0.4, -0.2) is 6.61 Å². The minimum Gasteiger partial charge on any atom is -0.365 e. The van der Waals surface area contributed by atoms with Crippen LogP contribution >= 0.6 is 11.3 Å². The van der Waals surface area contributed by atoms with E-state index in [1.165, 1.54) is 20.5 Å². The molecule has 15 heavy (non-hydrogen) atoms. The molecule has 0 amide bonds. The van der Waals surface area contributed by atoms with Crippen molar-refractivity contribution in [1.29, 1.82) is 0 Å². The molecule has 2 aromatic rings. The van der Waals surface area contributed by atoms with E-state index in [1.807, 2.05) is 11.3 Å². The minimum atomic E-state index is 0.183. The summed E-state index contributed by atoms with van der Waals surface area (Å²) in [6.07, 6.45) is 4.43. The summed E-state index contributed by atoms with van der Waals surface area (Å²) in [5.74, 6) is 0. The van der Waals surface area contributed by atoms with Crippen molar-refractivity contribution in [3.05, 3.63) is 46.9 Å². The Morgan fingerprint density at radius 2 is 2.20 bits per heavy atom. The van der Waals surface area contributed by atoms with Crippen LogP contribution in [0.5, 0.6) is 0 Å². The van der Waals surface area contributed by atoms with Crippen molar-refractivity contribution in [2.24, 2.45) is 0 Å². The molecule has 2 heteroatoms. The molecule has 76 valence electrons. The summed E-state index contributed by atoms with van der Waals surface area (Å²) in [6.45, 7) is 2.93. The lowest BCUT2D eigenvalue weighted by molar-refractivity contribution is 0.131. The zero-order valence-electron chi connectivity index (χ0n) is 8.57. The Balaban J connectivity index is 2.18. The Bertz CT molecular complexity index is 524. The van der Waals surface area contributed by atoms with Crippen LogP contribution in [0.3, 0.4) is 0 Å². The van der Waals surface area contributed by atoms with Crippen LogP contribution in [0.15, 0.2) is 36.4 Å². The molecule has 0 bridgehead atoms. The average Bonchev–Trinajstić information content (AvgIpc) is 2.87. The van der Waals surface area contributed by atoms with Gasteiger partial charge in [0, 0.05) is 9.58 Å². The van der Waals surface area contributed by atoms with Crippen LogP contribution in [0.25, 0.3) is 10.1 Å². The van der Waals surface area contributed by atoms with Gasteiger partial charge in [-0.05, 0) is 23.9 Å². The van der Waals surface area contributed by atoms with Gasteiger partial charge in [0.15, 0.2) is 0 Å². The van der Waals surface area contributed by atoms with Gasteiger partial charge in [0.1, 0.15) is 6.10 Å². The fourth-order valence-corrected chi connectivity index (χ4v) is 3.26. The number of benzene rings is 1. The molecule has 1 aliphatic heterocycles. The molecular formula is C13H12OS. The Labute approximate surface area is 93.0 Å². The maximum absolute atomic E-state index is 5.65. The third-order valence-electron chi connectivity index (χ3n) is 2.82. The van der Waals surface area contributed by atoms with E-state index in [0.717, 1.165) is 6.61 Å². The van der Waals surface area contributed by atoms with Gasteiger partial charge in [0.05, 0.1) is 6.61 Å². The first kappa shape index (κ1) is 9.13. The van der Waals surface area contributed by atoms with E-state index in [1.54, 1.807) is 0 Å². The first-order chi connectivity index (χ1) is 7.36. The Kier molecular flexibility index (Phi) is 2.11. The second kappa shape index (κ2) is 3.47. The van der Waals surface area contributed by atoms with Crippen LogP contribution in [0.2, 0.25) is 0 Å². The van der Waals surface area contributed by atoms with Gasteiger partial charge >= 0.3 is 0 Å². The molecule has 0 radical (unpaired) electrons. The number of rotatable bonds is 1. The largest absolute Gasteiger partial charge is 0.365 e. The van der Waals surface area contributed by atoms with E-state index in [2.05, 4.69) is 43.3 Å². The zero-order chi connectivity index (χ0) is 10.3. The van der Waals surface area contributed by atoms with Gasteiger partial charge in [-0.2, -0.15) is 0 Å². The molecule has 0 spiro atoms. The highest BCUT2D eigenvalue weighted by molar-refractivity contribution is 7.19. The molecule has 0 saturated carbocycles. The van der Waals surface area contributed by atoms with E-state index in [9.17, 15) is 0 Å². The number of hydrogen-bond donors (Lipinski definition) is 0. The number of hydrogen-bond acceptors (Lipinski definition) is 2. The molecule has 0 saturated heterocycles. The van der Waals surface area contributed by atoms with Gasteiger partial charge in [-0.15, -0.1) is 11.3 Å². The van der Waals surface area contributed by atoms with Crippen molar-refractivity contribution in [2.45, 2.75) is 13.0 Å². The highest BCUT2D eigenvalue weighted by Gasteiger charge is 2.18.